The van der Waals surface area contributed by atoms with Crippen LogP contribution in [0.15, 0.2) is 33.7 Å². The molecule has 1 aromatic rings. The van der Waals surface area contributed by atoms with Crippen LogP contribution in [0.1, 0.15) is 37.7 Å². The summed E-state index contributed by atoms with van der Waals surface area (Å²) >= 11 is 0. The van der Waals surface area contributed by atoms with Crippen LogP contribution in [0, 0.1) is 12.8 Å². The lowest BCUT2D eigenvalue weighted by atomic mass is 9.94. The number of nitrogens with one attached hydrogen (secondary N) is 2. The summed E-state index contributed by atoms with van der Waals surface area (Å²) in [4.78, 5) is 4.21. The normalized spacial score (nSPS) is 20.5. The SMILES string of the molecule is CN=C(NCC1CC=CCC1)NCC(C)(O)c1ccc(C)o1.I. The highest BCUT2D eigenvalue weighted by atomic mass is 127. The van der Waals surface area contributed by atoms with Crippen molar-refractivity contribution >= 4 is 29.9 Å². The van der Waals surface area contributed by atoms with Crippen molar-refractivity contribution < 1.29 is 9.52 Å². The van der Waals surface area contributed by atoms with E-state index >= 15 is 0 Å². The van der Waals surface area contributed by atoms with E-state index in [1.165, 1.54) is 6.42 Å². The summed E-state index contributed by atoms with van der Waals surface area (Å²) in [6, 6.07) is 3.66. The molecule has 0 spiro atoms. The first-order chi connectivity index (χ1) is 10.5. The van der Waals surface area contributed by atoms with E-state index in [1.807, 2.05) is 19.1 Å². The molecular formula is C17H28IN3O2. The molecule has 2 rings (SSSR count). The van der Waals surface area contributed by atoms with Crippen LogP contribution in [0.25, 0.3) is 0 Å². The Kier molecular flexibility index (Phi) is 8.11. The Labute approximate surface area is 155 Å². The zero-order valence-electron chi connectivity index (χ0n) is 14.1. The van der Waals surface area contributed by atoms with E-state index < -0.39 is 5.60 Å². The Morgan fingerprint density at radius 1 is 1.39 bits per heavy atom. The second-order valence-corrected chi connectivity index (χ2v) is 6.14. The van der Waals surface area contributed by atoms with Gasteiger partial charge in [0.2, 0.25) is 0 Å². The highest BCUT2D eigenvalue weighted by Crippen LogP contribution is 2.22. The van der Waals surface area contributed by atoms with Gasteiger partial charge in [-0.3, -0.25) is 4.99 Å². The molecule has 1 aliphatic rings. The summed E-state index contributed by atoms with van der Waals surface area (Å²) in [6.07, 6.45) is 7.98. The van der Waals surface area contributed by atoms with E-state index in [-0.39, 0.29) is 24.0 Å². The van der Waals surface area contributed by atoms with E-state index in [9.17, 15) is 5.11 Å². The summed E-state index contributed by atoms with van der Waals surface area (Å²) in [5.74, 6) is 2.71. The second-order valence-electron chi connectivity index (χ2n) is 6.14. The van der Waals surface area contributed by atoms with Crippen molar-refractivity contribution in [2.75, 3.05) is 20.1 Å². The molecule has 0 fully saturated rings. The number of allylic oxidation sites excluding steroid dienone is 2. The lowest BCUT2D eigenvalue weighted by Crippen LogP contribution is -2.45. The van der Waals surface area contributed by atoms with Crippen LogP contribution in [-0.2, 0) is 5.60 Å². The number of furan rings is 1. The fourth-order valence-corrected chi connectivity index (χ4v) is 2.57. The van der Waals surface area contributed by atoms with Crippen LogP contribution in [0.3, 0.4) is 0 Å². The maximum atomic E-state index is 10.5. The number of hydrogen-bond donors (Lipinski definition) is 3. The Hall–Kier alpha value is -1.02. The van der Waals surface area contributed by atoms with Gasteiger partial charge >= 0.3 is 0 Å². The largest absolute Gasteiger partial charge is 0.463 e. The second kappa shape index (κ2) is 9.32. The third-order valence-corrected chi connectivity index (χ3v) is 4.03. The number of halogens is 1. The lowest BCUT2D eigenvalue weighted by Gasteiger charge is -2.24. The van der Waals surface area contributed by atoms with Gasteiger partial charge in [-0.25, -0.2) is 0 Å². The standard InChI is InChI=1S/C17H27N3O2.HI/c1-13-9-10-15(22-13)17(2,21)12-20-16(18-3)19-11-14-7-5-4-6-8-14;/h4-5,9-10,14,21H,6-8,11-12H2,1-3H3,(H2,18,19,20);1H. The van der Waals surface area contributed by atoms with Gasteiger partial charge in [0.05, 0.1) is 6.54 Å². The minimum absolute atomic E-state index is 0. The maximum Gasteiger partial charge on any atom is 0.191 e. The molecule has 5 nitrogen and oxygen atoms in total. The van der Waals surface area contributed by atoms with Gasteiger partial charge in [0.15, 0.2) is 5.96 Å². The third-order valence-electron chi connectivity index (χ3n) is 4.03. The van der Waals surface area contributed by atoms with Crippen LogP contribution >= 0.6 is 24.0 Å². The first-order valence-electron chi connectivity index (χ1n) is 7.90. The van der Waals surface area contributed by atoms with Crippen LogP contribution in [-0.4, -0.2) is 31.2 Å². The highest BCUT2D eigenvalue weighted by Gasteiger charge is 2.27. The van der Waals surface area contributed by atoms with Crippen LogP contribution < -0.4 is 10.6 Å². The van der Waals surface area contributed by atoms with Crippen molar-refractivity contribution in [3.63, 3.8) is 0 Å². The maximum absolute atomic E-state index is 10.5. The number of guanidine groups is 1. The average molecular weight is 433 g/mol. The number of aliphatic imine (C=N–C) groups is 1. The fourth-order valence-electron chi connectivity index (χ4n) is 2.57. The Bertz CT molecular complexity index is 538. The smallest absolute Gasteiger partial charge is 0.191 e. The lowest BCUT2D eigenvalue weighted by molar-refractivity contribution is 0.0378. The van der Waals surface area contributed by atoms with Gasteiger partial charge in [-0.2, -0.15) is 0 Å². The van der Waals surface area contributed by atoms with Crippen molar-refractivity contribution in [1.29, 1.82) is 0 Å². The predicted octanol–water partition coefficient (Wildman–Crippen LogP) is 2.93. The Balaban J connectivity index is 0.00000264. The quantitative estimate of drug-likeness (QED) is 0.289. The van der Waals surface area contributed by atoms with Gasteiger partial charge in [0, 0.05) is 13.6 Å². The molecule has 1 heterocycles. The van der Waals surface area contributed by atoms with E-state index in [0.717, 1.165) is 25.1 Å². The van der Waals surface area contributed by atoms with Gasteiger partial charge in [0.25, 0.3) is 0 Å². The monoisotopic (exact) mass is 433 g/mol. The molecule has 0 aliphatic heterocycles. The van der Waals surface area contributed by atoms with Crippen molar-refractivity contribution in [2.24, 2.45) is 10.9 Å². The third kappa shape index (κ3) is 6.18. The number of aliphatic hydroxyl groups is 1. The van der Waals surface area contributed by atoms with E-state index in [1.54, 1.807) is 14.0 Å². The van der Waals surface area contributed by atoms with E-state index in [2.05, 4.69) is 27.8 Å². The number of aryl methyl sites for hydroxylation is 1. The molecule has 0 aromatic carbocycles. The summed E-state index contributed by atoms with van der Waals surface area (Å²) in [5, 5.41) is 17.0. The number of nitrogens with zero attached hydrogens (tertiary/aromatic N) is 1. The van der Waals surface area contributed by atoms with Gasteiger partial charge in [-0.1, -0.05) is 12.2 Å². The fraction of sp³-hybridized carbons (Fsp3) is 0.588. The summed E-state index contributed by atoms with van der Waals surface area (Å²) < 4.78 is 5.51. The van der Waals surface area contributed by atoms with Crippen LogP contribution in [0.4, 0.5) is 0 Å². The van der Waals surface area contributed by atoms with E-state index in [0.29, 0.717) is 24.2 Å². The first-order valence-corrected chi connectivity index (χ1v) is 7.90. The molecule has 1 aromatic heterocycles. The van der Waals surface area contributed by atoms with Crippen molar-refractivity contribution in [3.8, 4) is 0 Å². The van der Waals surface area contributed by atoms with Crippen molar-refractivity contribution in [3.05, 3.63) is 35.8 Å². The molecule has 2 atom stereocenters. The zero-order valence-corrected chi connectivity index (χ0v) is 16.5. The average Bonchev–Trinajstić information content (AvgIpc) is 2.96. The first kappa shape index (κ1) is 20.0. The molecule has 2 unspecified atom stereocenters. The molecule has 3 N–H and O–H groups in total. The van der Waals surface area contributed by atoms with Gasteiger partial charge < -0.3 is 20.2 Å². The van der Waals surface area contributed by atoms with Gasteiger partial charge in [-0.15, -0.1) is 24.0 Å². The van der Waals surface area contributed by atoms with Gasteiger partial charge in [0.1, 0.15) is 17.1 Å². The van der Waals surface area contributed by atoms with E-state index in [4.69, 9.17) is 4.42 Å². The summed E-state index contributed by atoms with van der Waals surface area (Å²) in [7, 11) is 1.74. The Morgan fingerprint density at radius 2 is 2.17 bits per heavy atom. The molecule has 0 saturated heterocycles. The Morgan fingerprint density at radius 3 is 2.74 bits per heavy atom. The minimum atomic E-state index is -1.07. The van der Waals surface area contributed by atoms with Crippen LogP contribution in [0.2, 0.25) is 0 Å². The molecule has 0 bridgehead atoms. The predicted molar refractivity (Wildman–Crippen MR) is 104 cm³/mol. The molecule has 1 aliphatic carbocycles. The van der Waals surface area contributed by atoms with Gasteiger partial charge in [-0.05, 0) is 51.2 Å². The summed E-state index contributed by atoms with van der Waals surface area (Å²) in [5.41, 5.74) is -1.07. The molecular weight excluding hydrogens is 405 g/mol. The molecule has 23 heavy (non-hydrogen) atoms. The van der Waals surface area contributed by atoms with Crippen molar-refractivity contribution in [1.82, 2.24) is 10.6 Å². The number of rotatable bonds is 5. The molecule has 6 heteroatoms. The topological polar surface area (TPSA) is 69.8 Å². The molecule has 0 radical (unpaired) electrons. The molecule has 0 amide bonds. The minimum Gasteiger partial charge on any atom is -0.463 e. The molecule has 0 saturated carbocycles. The van der Waals surface area contributed by atoms with Crippen LogP contribution in [0.5, 0.6) is 0 Å². The highest BCUT2D eigenvalue weighted by molar-refractivity contribution is 14.0. The number of hydrogen-bond acceptors (Lipinski definition) is 3. The summed E-state index contributed by atoms with van der Waals surface area (Å²) in [6.45, 7) is 4.83. The zero-order chi connectivity index (χ0) is 16.0. The molecule has 130 valence electrons. The van der Waals surface area contributed by atoms with Crippen molar-refractivity contribution in [2.45, 2.75) is 38.7 Å².